The van der Waals surface area contributed by atoms with Crippen LogP contribution < -0.4 is 10.1 Å². The normalized spacial score (nSPS) is 10.7. The van der Waals surface area contributed by atoms with Crippen LogP contribution in [0.5, 0.6) is 5.75 Å². The third kappa shape index (κ3) is 4.68. The Kier molecular flexibility index (Phi) is 6.62. The SMILES string of the molecule is COCCCNC(=O)c1nc(-c2ccc(Cl)cc2)n(-c2ccc(OC)cc2)n1. The van der Waals surface area contributed by atoms with E-state index in [0.29, 0.717) is 30.4 Å². The monoisotopic (exact) mass is 400 g/mol. The average Bonchev–Trinajstić information content (AvgIpc) is 3.17. The number of ether oxygens (including phenoxy) is 2. The van der Waals surface area contributed by atoms with E-state index in [1.807, 2.05) is 36.4 Å². The van der Waals surface area contributed by atoms with E-state index in [2.05, 4.69) is 15.4 Å². The number of carbonyl (C=O) groups is 1. The Morgan fingerprint density at radius 1 is 1.11 bits per heavy atom. The molecule has 0 radical (unpaired) electrons. The second-order valence-electron chi connectivity index (χ2n) is 5.98. The van der Waals surface area contributed by atoms with E-state index >= 15 is 0 Å². The van der Waals surface area contributed by atoms with Crippen LogP contribution in [0.25, 0.3) is 17.1 Å². The molecule has 1 amide bonds. The zero-order chi connectivity index (χ0) is 19.9. The highest BCUT2D eigenvalue weighted by molar-refractivity contribution is 6.30. The molecule has 0 atom stereocenters. The van der Waals surface area contributed by atoms with Crippen molar-refractivity contribution < 1.29 is 14.3 Å². The van der Waals surface area contributed by atoms with Gasteiger partial charge in [0.1, 0.15) is 5.75 Å². The van der Waals surface area contributed by atoms with Crippen LogP contribution in [0, 0.1) is 0 Å². The van der Waals surface area contributed by atoms with Gasteiger partial charge in [-0.3, -0.25) is 4.79 Å². The van der Waals surface area contributed by atoms with Crippen LogP contribution in [-0.2, 0) is 4.74 Å². The molecule has 0 aliphatic rings. The maximum atomic E-state index is 12.5. The molecular weight excluding hydrogens is 380 g/mol. The summed E-state index contributed by atoms with van der Waals surface area (Å²) in [4.78, 5) is 16.9. The molecule has 2 aromatic carbocycles. The molecule has 3 aromatic rings. The van der Waals surface area contributed by atoms with E-state index in [1.54, 1.807) is 31.0 Å². The van der Waals surface area contributed by atoms with Gasteiger partial charge in [0.25, 0.3) is 5.91 Å². The van der Waals surface area contributed by atoms with Gasteiger partial charge in [0, 0.05) is 30.8 Å². The molecule has 1 heterocycles. The van der Waals surface area contributed by atoms with Crippen molar-refractivity contribution in [1.29, 1.82) is 0 Å². The Morgan fingerprint density at radius 2 is 1.82 bits per heavy atom. The molecule has 0 aliphatic heterocycles. The fraction of sp³-hybridized carbons (Fsp3) is 0.250. The van der Waals surface area contributed by atoms with Crippen molar-refractivity contribution in [3.05, 3.63) is 59.4 Å². The molecule has 28 heavy (non-hydrogen) atoms. The van der Waals surface area contributed by atoms with Crippen LogP contribution >= 0.6 is 11.6 Å². The van der Waals surface area contributed by atoms with Gasteiger partial charge in [-0.1, -0.05) is 11.6 Å². The van der Waals surface area contributed by atoms with Crippen LogP contribution in [0.4, 0.5) is 0 Å². The van der Waals surface area contributed by atoms with E-state index in [1.165, 1.54) is 0 Å². The first kappa shape index (κ1) is 19.9. The standard InChI is InChI=1S/C20H21ClN4O3/c1-27-13-3-12-22-20(26)18-23-19(14-4-6-15(21)7-5-14)25(24-18)16-8-10-17(28-2)11-9-16/h4-11H,3,12-13H2,1-2H3,(H,22,26). The van der Waals surface area contributed by atoms with E-state index < -0.39 is 0 Å². The van der Waals surface area contributed by atoms with E-state index in [0.717, 1.165) is 17.0 Å². The van der Waals surface area contributed by atoms with Gasteiger partial charge < -0.3 is 14.8 Å². The summed E-state index contributed by atoms with van der Waals surface area (Å²) in [6.45, 7) is 1.06. The zero-order valence-corrected chi connectivity index (χ0v) is 16.4. The lowest BCUT2D eigenvalue weighted by Crippen LogP contribution is -2.26. The molecular formula is C20H21ClN4O3. The maximum Gasteiger partial charge on any atom is 0.290 e. The van der Waals surface area contributed by atoms with E-state index in [4.69, 9.17) is 21.1 Å². The van der Waals surface area contributed by atoms with Gasteiger partial charge in [-0.2, -0.15) is 0 Å². The lowest BCUT2D eigenvalue weighted by molar-refractivity contribution is 0.0938. The molecule has 0 aliphatic carbocycles. The van der Waals surface area contributed by atoms with Crippen molar-refractivity contribution in [1.82, 2.24) is 20.1 Å². The quantitative estimate of drug-likeness (QED) is 0.586. The number of rotatable bonds is 8. The van der Waals surface area contributed by atoms with Gasteiger partial charge in [0.05, 0.1) is 12.8 Å². The molecule has 0 fully saturated rings. The van der Waals surface area contributed by atoms with Crippen molar-refractivity contribution in [3.8, 4) is 22.8 Å². The minimum absolute atomic E-state index is 0.0955. The van der Waals surface area contributed by atoms with Gasteiger partial charge >= 0.3 is 0 Å². The molecule has 0 spiro atoms. The number of carbonyl (C=O) groups excluding carboxylic acids is 1. The van der Waals surface area contributed by atoms with Crippen molar-refractivity contribution in [3.63, 3.8) is 0 Å². The first-order chi connectivity index (χ1) is 13.6. The Morgan fingerprint density at radius 3 is 2.46 bits per heavy atom. The molecule has 0 unspecified atom stereocenters. The second-order valence-corrected chi connectivity index (χ2v) is 6.41. The summed E-state index contributed by atoms with van der Waals surface area (Å²) in [5.74, 6) is 1.04. The van der Waals surface area contributed by atoms with Gasteiger partial charge in [-0.15, -0.1) is 5.10 Å². The molecule has 8 heteroatoms. The number of nitrogens with one attached hydrogen (secondary N) is 1. The minimum atomic E-state index is -0.335. The molecule has 0 bridgehead atoms. The Hall–Kier alpha value is -2.90. The first-order valence-electron chi connectivity index (χ1n) is 8.77. The molecule has 1 aromatic heterocycles. The van der Waals surface area contributed by atoms with Crippen molar-refractivity contribution >= 4 is 17.5 Å². The van der Waals surface area contributed by atoms with Crippen LogP contribution in [-0.4, -0.2) is 48.0 Å². The molecule has 3 rings (SSSR count). The lowest BCUT2D eigenvalue weighted by Gasteiger charge is -2.07. The zero-order valence-electron chi connectivity index (χ0n) is 15.7. The van der Waals surface area contributed by atoms with E-state index in [-0.39, 0.29) is 11.7 Å². The largest absolute Gasteiger partial charge is 0.497 e. The molecule has 0 saturated carbocycles. The van der Waals surface area contributed by atoms with Crippen LogP contribution in [0.2, 0.25) is 5.02 Å². The highest BCUT2D eigenvalue weighted by Gasteiger charge is 2.18. The third-order valence-corrected chi connectivity index (χ3v) is 4.29. The first-order valence-corrected chi connectivity index (χ1v) is 9.14. The van der Waals surface area contributed by atoms with Gasteiger partial charge in [0.15, 0.2) is 5.82 Å². The van der Waals surface area contributed by atoms with E-state index in [9.17, 15) is 4.79 Å². The fourth-order valence-corrected chi connectivity index (χ4v) is 2.72. The molecule has 0 saturated heterocycles. The smallest absolute Gasteiger partial charge is 0.290 e. The van der Waals surface area contributed by atoms with Crippen LogP contribution in [0.3, 0.4) is 0 Å². The number of hydrogen-bond acceptors (Lipinski definition) is 5. The number of aromatic nitrogens is 3. The predicted molar refractivity (Wildman–Crippen MR) is 107 cm³/mol. The topological polar surface area (TPSA) is 78.3 Å². The summed E-state index contributed by atoms with van der Waals surface area (Å²) in [6, 6.07) is 14.6. The molecule has 1 N–H and O–H groups in total. The lowest BCUT2D eigenvalue weighted by atomic mass is 10.2. The number of hydrogen-bond donors (Lipinski definition) is 1. The summed E-state index contributed by atoms with van der Waals surface area (Å²) in [7, 11) is 3.23. The maximum absolute atomic E-state index is 12.5. The predicted octanol–water partition coefficient (Wildman–Crippen LogP) is 3.36. The van der Waals surface area contributed by atoms with Gasteiger partial charge in [0.2, 0.25) is 5.82 Å². The third-order valence-electron chi connectivity index (χ3n) is 4.04. The van der Waals surface area contributed by atoms with Gasteiger partial charge in [-0.05, 0) is 55.0 Å². The number of methoxy groups -OCH3 is 2. The van der Waals surface area contributed by atoms with Crippen molar-refractivity contribution in [2.45, 2.75) is 6.42 Å². The number of amides is 1. The molecule has 7 nitrogen and oxygen atoms in total. The number of benzene rings is 2. The summed E-state index contributed by atoms with van der Waals surface area (Å²) in [6.07, 6.45) is 0.714. The fourth-order valence-electron chi connectivity index (χ4n) is 2.60. The van der Waals surface area contributed by atoms with Crippen molar-refractivity contribution in [2.24, 2.45) is 0 Å². The molecule has 146 valence electrons. The highest BCUT2D eigenvalue weighted by atomic mass is 35.5. The summed E-state index contributed by atoms with van der Waals surface area (Å²) in [5.41, 5.74) is 1.56. The minimum Gasteiger partial charge on any atom is -0.497 e. The van der Waals surface area contributed by atoms with Crippen molar-refractivity contribution in [2.75, 3.05) is 27.4 Å². The Labute approximate surface area is 168 Å². The second kappa shape index (κ2) is 9.34. The Balaban J connectivity index is 1.94. The average molecular weight is 401 g/mol. The Bertz CT molecular complexity index is 924. The number of nitrogens with zero attached hydrogens (tertiary/aromatic N) is 3. The highest BCUT2D eigenvalue weighted by Crippen LogP contribution is 2.24. The number of halogens is 1. The van der Waals surface area contributed by atoms with Crippen LogP contribution in [0.15, 0.2) is 48.5 Å². The van der Waals surface area contributed by atoms with Gasteiger partial charge in [-0.25, -0.2) is 9.67 Å². The summed E-state index contributed by atoms with van der Waals surface area (Å²) >= 11 is 6.00. The van der Waals surface area contributed by atoms with Crippen LogP contribution in [0.1, 0.15) is 17.0 Å². The summed E-state index contributed by atoms with van der Waals surface area (Å²) in [5, 5.41) is 7.85. The summed E-state index contributed by atoms with van der Waals surface area (Å²) < 4.78 is 11.8.